The molecule has 0 fully saturated rings. The Labute approximate surface area is 173 Å². The van der Waals surface area contributed by atoms with Crippen molar-refractivity contribution in [3.8, 4) is 22.8 Å². The zero-order valence-corrected chi connectivity index (χ0v) is 17.0. The van der Waals surface area contributed by atoms with Gasteiger partial charge in [0.25, 0.3) is 15.9 Å². The quantitative estimate of drug-likeness (QED) is 0.559. The van der Waals surface area contributed by atoms with Crippen molar-refractivity contribution in [1.29, 1.82) is 0 Å². The summed E-state index contributed by atoms with van der Waals surface area (Å²) >= 11 is 0. The van der Waals surface area contributed by atoms with Gasteiger partial charge in [0.1, 0.15) is 5.75 Å². The molecule has 0 bridgehead atoms. The molecule has 0 saturated carbocycles. The maximum Gasteiger partial charge on any atom is 0.341 e. The molecule has 0 amide bonds. The van der Waals surface area contributed by atoms with E-state index < -0.39 is 22.6 Å². The molecule has 0 atom stereocenters. The first-order valence-electron chi connectivity index (χ1n) is 8.74. The van der Waals surface area contributed by atoms with Crippen LogP contribution in [0.25, 0.3) is 11.1 Å². The number of sulfonamides is 1. The molecule has 0 aliphatic carbocycles. The van der Waals surface area contributed by atoms with Gasteiger partial charge in [-0.2, -0.15) is 0 Å². The Balaban J connectivity index is 1.93. The first-order valence-corrected chi connectivity index (χ1v) is 10.2. The molecule has 0 aliphatic heterocycles. The van der Waals surface area contributed by atoms with Crippen LogP contribution in [0.3, 0.4) is 0 Å². The Morgan fingerprint density at radius 2 is 1.83 bits per heavy atom. The molecule has 1 heterocycles. The molecule has 3 rings (SSSR count). The summed E-state index contributed by atoms with van der Waals surface area (Å²) in [6.45, 7) is 1.25. The molecule has 1 aromatic heterocycles. The highest BCUT2D eigenvalue weighted by atomic mass is 32.2. The van der Waals surface area contributed by atoms with Gasteiger partial charge in [-0.3, -0.25) is 4.72 Å². The predicted molar refractivity (Wildman–Crippen MR) is 109 cm³/mol. The second kappa shape index (κ2) is 8.78. The van der Waals surface area contributed by atoms with Crippen LogP contribution in [-0.2, 0) is 14.8 Å². The summed E-state index contributed by atoms with van der Waals surface area (Å²) < 4.78 is 38.8. The van der Waals surface area contributed by atoms with Crippen molar-refractivity contribution in [3.63, 3.8) is 0 Å². The second-order valence-corrected chi connectivity index (χ2v) is 7.83. The van der Waals surface area contributed by atoms with Crippen molar-refractivity contribution < 1.29 is 27.8 Å². The molecule has 156 valence electrons. The van der Waals surface area contributed by atoms with Crippen molar-refractivity contribution in [1.82, 2.24) is 9.97 Å². The number of benzene rings is 2. The minimum Gasteiger partial charge on any atom is -0.482 e. The smallest absolute Gasteiger partial charge is 0.341 e. The molecule has 0 aliphatic rings. The zero-order chi connectivity index (χ0) is 21.7. The number of ether oxygens (including phenoxy) is 2. The van der Waals surface area contributed by atoms with Crippen LogP contribution >= 0.6 is 0 Å². The van der Waals surface area contributed by atoms with Crippen LogP contribution in [0.5, 0.6) is 11.6 Å². The lowest BCUT2D eigenvalue weighted by molar-refractivity contribution is -0.139. The molecule has 9 nitrogen and oxygen atoms in total. The minimum absolute atomic E-state index is 0.0182. The van der Waals surface area contributed by atoms with Gasteiger partial charge >= 0.3 is 5.97 Å². The number of nitrogens with zero attached hydrogens (tertiary/aromatic N) is 2. The fourth-order valence-electron chi connectivity index (χ4n) is 2.67. The second-order valence-electron chi connectivity index (χ2n) is 6.18. The Morgan fingerprint density at radius 1 is 1.13 bits per heavy atom. The highest BCUT2D eigenvalue weighted by Gasteiger charge is 2.22. The van der Waals surface area contributed by atoms with Crippen LogP contribution in [0.15, 0.2) is 59.6 Å². The van der Waals surface area contributed by atoms with Crippen LogP contribution in [-0.4, -0.2) is 43.2 Å². The van der Waals surface area contributed by atoms with Crippen LogP contribution in [0, 0.1) is 6.92 Å². The molecule has 2 aromatic carbocycles. The standard InChI is InChI=1S/C20H19N3O6S/c1-13-11-21-19(20(22-13)28-2)23-30(26,27)17-6-4-3-5-16(17)14-7-9-15(10-8-14)29-12-18(24)25/h3-11H,12H2,1-2H3,(H,21,23)(H,24,25). The predicted octanol–water partition coefficient (Wildman–Crippen LogP) is 2.72. The normalized spacial score (nSPS) is 11.0. The van der Waals surface area contributed by atoms with Crippen LogP contribution in [0.2, 0.25) is 0 Å². The molecule has 0 unspecified atom stereocenters. The lowest BCUT2D eigenvalue weighted by Crippen LogP contribution is -2.16. The summed E-state index contributed by atoms with van der Waals surface area (Å²) in [6, 6.07) is 12.9. The van der Waals surface area contributed by atoms with Gasteiger partial charge in [-0.25, -0.2) is 23.2 Å². The van der Waals surface area contributed by atoms with Gasteiger partial charge in [-0.05, 0) is 30.7 Å². The lowest BCUT2D eigenvalue weighted by Gasteiger charge is -2.14. The average Bonchev–Trinajstić information content (AvgIpc) is 2.73. The number of nitrogens with one attached hydrogen (secondary N) is 1. The number of carbonyl (C=O) groups is 1. The van der Waals surface area contributed by atoms with Gasteiger partial charge in [-0.15, -0.1) is 0 Å². The number of hydrogen-bond acceptors (Lipinski definition) is 7. The molecule has 0 radical (unpaired) electrons. The Bertz CT molecular complexity index is 1160. The van der Waals surface area contributed by atoms with Gasteiger partial charge in [-0.1, -0.05) is 30.3 Å². The summed E-state index contributed by atoms with van der Waals surface area (Å²) in [4.78, 5) is 18.8. The Hall–Kier alpha value is -3.66. The number of hydrogen-bond donors (Lipinski definition) is 2. The third kappa shape index (κ3) is 4.84. The number of methoxy groups -OCH3 is 1. The van der Waals surface area contributed by atoms with E-state index in [1.807, 2.05) is 0 Å². The van der Waals surface area contributed by atoms with Gasteiger partial charge in [0.15, 0.2) is 6.61 Å². The summed E-state index contributed by atoms with van der Waals surface area (Å²) in [5, 5.41) is 8.69. The van der Waals surface area contributed by atoms with Gasteiger partial charge in [0.05, 0.1) is 23.9 Å². The Morgan fingerprint density at radius 3 is 2.50 bits per heavy atom. The van der Waals surface area contributed by atoms with Crippen LogP contribution < -0.4 is 14.2 Å². The fourth-order valence-corrected chi connectivity index (χ4v) is 3.90. The van der Waals surface area contributed by atoms with E-state index in [9.17, 15) is 13.2 Å². The van der Waals surface area contributed by atoms with Crippen molar-refractivity contribution in [2.24, 2.45) is 0 Å². The Kier molecular flexibility index (Phi) is 6.17. The van der Waals surface area contributed by atoms with Crippen LogP contribution in [0.1, 0.15) is 5.69 Å². The highest BCUT2D eigenvalue weighted by molar-refractivity contribution is 7.92. The number of aliphatic carboxylic acids is 1. The zero-order valence-electron chi connectivity index (χ0n) is 16.2. The van der Waals surface area contributed by atoms with Crippen LogP contribution in [0.4, 0.5) is 5.82 Å². The number of aryl methyl sites for hydroxylation is 1. The van der Waals surface area contributed by atoms with E-state index >= 15 is 0 Å². The SMILES string of the molecule is COc1nc(C)cnc1NS(=O)(=O)c1ccccc1-c1ccc(OCC(=O)O)cc1. The maximum atomic E-state index is 13.1. The molecule has 10 heteroatoms. The largest absolute Gasteiger partial charge is 0.482 e. The first kappa shape index (κ1) is 21.1. The summed E-state index contributed by atoms with van der Waals surface area (Å²) in [5.74, 6) is -0.679. The van der Waals surface area contributed by atoms with Gasteiger partial charge in [0, 0.05) is 5.56 Å². The number of anilines is 1. The third-order valence-electron chi connectivity index (χ3n) is 3.99. The van der Waals surface area contributed by atoms with E-state index in [-0.39, 0.29) is 16.6 Å². The topological polar surface area (TPSA) is 128 Å². The molecule has 3 aromatic rings. The van der Waals surface area contributed by atoms with E-state index in [2.05, 4.69) is 14.7 Å². The van der Waals surface area contributed by atoms with E-state index in [1.165, 1.54) is 19.4 Å². The minimum atomic E-state index is -4.01. The van der Waals surface area contributed by atoms with Gasteiger partial charge < -0.3 is 14.6 Å². The number of rotatable bonds is 8. The van der Waals surface area contributed by atoms with Gasteiger partial charge in [0.2, 0.25) is 5.82 Å². The number of aromatic nitrogens is 2. The third-order valence-corrected chi connectivity index (χ3v) is 5.39. The van der Waals surface area contributed by atoms with Crippen molar-refractivity contribution >= 4 is 21.8 Å². The van der Waals surface area contributed by atoms with E-state index in [0.717, 1.165) is 0 Å². The summed E-state index contributed by atoms with van der Waals surface area (Å²) in [5.41, 5.74) is 1.65. The highest BCUT2D eigenvalue weighted by Crippen LogP contribution is 2.31. The number of carboxylic acid groups (broad SMARTS) is 1. The monoisotopic (exact) mass is 429 g/mol. The van der Waals surface area contributed by atoms with Crippen molar-refractivity contribution in [2.75, 3.05) is 18.4 Å². The van der Waals surface area contributed by atoms with E-state index in [1.54, 1.807) is 49.4 Å². The molecule has 2 N–H and O–H groups in total. The fraction of sp³-hybridized carbons (Fsp3) is 0.150. The van der Waals surface area contributed by atoms with Crippen molar-refractivity contribution in [3.05, 3.63) is 60.4 Å². The summed E-state index contributed by atoms with van der Waals surface area (Å²) in [7, 11) is -2.63. The van der Waals surface area contributed by atoms with Crippen molar-refractivity contribution in [2.45, 2.75) is 11.8 Å². The first-order chi connectivity index (χ1) is 14.3. The molecular weight excluding hydrogens is 410 g/mol. The average molecular weight is 429 g/mol. The molecular formula is C20H19N3O6S. The molecule has 30 heavy (non-hydrogen) atoms. The lowest BCUT2D eigenvalue weighted by atomic mass is 10.1. The number of carboxylic acids is 1. The molecule has 0 saturated heterocycles. The van der Waals surface area contributed by atoms with E-state index in [4.69, 9.17) is 14.6 Å². The summed E-state index contributed by atoms with van der Waals surface area (Å²) in [6.07, 6.45) is 1.43. The molecule has 0 spiro atoms. The maximum absolute atomic E-state index is 13.1. The van der Waals surface area contributed by atoms with E-state index in [0.29, 0.717) is 22.6 Å².